The zero-order valence-corrected chi connectivity index (χ0v) is 14.1. The monoisotopic (exact) mass is 329 g/mol. The van der Waals surface area contributed by atoms with Crippen molar-refractivity contribution in [3.63, 3.8) is 0 Å². The first-order valence-corrected chi connectivity index (χ1v) is 8.27. The van der Waals surface area contributed by atoms with E-state index in [1.54, 1.807) is 0 Å². The van der Waals surface area contributed by atoms with E-state index in [9.17, 15) is 4.79 Å². The number of ether oxygens (including phenoxy) is 1. The smallest absolute Gasteiger partial charge is 0.231 e. The Balaban J connectivity index is 1.78. The zero-order chi connectivity index (χ0) is 16.4. The number of amides is 1. The molecule has 0 saturated carbocycles. The summed E-state index contributed by atoms with van der Waals surface area (Å²) in [6, 6.07) is 11.6. The number of halogens is 1. The summed E-state index contributed by atoms with van der Waals surface area (Å²) in [5.74, 6) is 0.619. The minimum absolute atomic E-state index is 0.000347. The fraction of sp³-hybridized carbons (Fsp3) is 0.316. The van der Waals surface area contributed by atoms with Crippen molar-refractivity contribution in [2.24, 2.45) is 5.92 Å². The SMILES string of the molecule is CCc1cccc(C)c1NC(=O)C1COc2ccc(Cl)cc2C1. The number of fused-ring (bicyclic) bond motifs is 1. The van der Waals surface area contributed by atoms with Gasteiger partial charge in [-0.25, -0.2) is 0 Å². The van der Waals surface area contributed by atoms with Crippen molar-refractivity contribution in [2.45, 2.75) is 26.7 Å². The Morgan fingerprint density at radius 1 is 1.35 bits per heavy atom. The van der Waals surface area contributed by atoms with Gasteiger partial charge in [-0.05, 0) is 54.7 Å². The second-order valence-electron chi connectivity index (χ2n) is 5.92. The van der Waals surface area contributed by atoms with Crippen LogP contribution in [0.3, 0.4) is 0 Å². The van der Waals surface area contributed by atoms with Crippen LogP contribution in [-0.2, 0) is 17.6 Å². The maximum absolute atomic E-state index is 12.7. The summed E-state index contributed by atoms with van der Waals surface area (Å²) in [6.45, 7) is 4.50. The second-order valence-corrected chi connectivity index (χ2v) is 6.35. The Bertz CT molecular complexity index is 742. The Hall–Kier alpha value is -2.00. The summed E-state index contributed by atoms with van der Waals surface area (Å²) < 4.78 is 5.72. The molecule has 4 heteroatoms. The van der Waals surface area contributed by atoms with Crippen molar-refractivity contribution in [2.75, 3.05) is 11.9 Å². The van der Waals surface area contributed by atoms with E-state index in [1.165, 1.54) is 0 Å². The van der Waals surface area contributed by atoms with E-state index >= 15 is 0 Å². The number of nitrogens with one attached hydrogen (secondary N) is 1. The average Bonchev–Trinajstić information content (AvgIpc) is 2.55. The van der Waals surface area contributed by atoms with Gasteiger partial charge in [-0.2, -0.15) is 0 Å². The maximum Gasteiger partial charge on any atom is 0.231 e. The van der Waals surface area contributed by atoms with Crippen LogP contribution >= 0.6 is 11.6 Å². The predicted octanol–water partition coefficient (Wildman–Crippen LogP) is 4.40. The molecule has 0 bridgehead atoms. The van der Waals surface area contributed by atoms with Crippen molar-refractivity contribution < 1.29 is 9.53 Å². The lowest BCUT2D eigenvalue weighted by molar-refractivity contribution is -0.121. The van der Waals surface area contributed by atoms with Gasteiger partial charge >= 0.3 is 0 Å². The van der Waals surface area contributed by atoms with E-state index in [2.05, 4.69) is 18.3 Å². The minimum atomic E-state index is -0.203. The van der Waals surface area contributed by atoms with Crippen LogP contribution in [0, 0.1) is 12.8 Å². The van der Waals surface area contributed by atoms with Gasteiger partial charge < -0.3 is 10.1 Å². The molecule has 3 rings (SSSR count). The van der Waals surface area contributed by atoms with Crippen molar-refractivity contribution in [1.82, 2.24) is 0 Å². The number of carbonyl (C=O) groups excluding carboxylic acids is 1. The number of benzene rings is 2. The number of aryl methyl sites for hydroxylation is 2. The summed E-state index contributed by atoms with van der Waals surface area (Å²) in [7, 11) is 0. The van der Waals surface area contributed by atoms with Crippen LogP contribution in [0.2, 0.25) is 5.02 Å². The van der Waals surface area contributed by atoms with Crippen LogP contribution < -0.4 is 10.1 Å². The Morgan fingerprint density at radius 2 is 2.17 bits per heavy atom. The third-order valence-electron chi connectivity index (χ3n) is 4.29. The Kier molecular flexibility index (Phi) is 4.58. The van der Waals surface area contributed by atoms with Crippen LogP contribution in [0.5, 0.6) is 5.75 Å². The molecule has 1 aliphatic heterocycles. The molecular formula is C19H20ClNO2. The van der Waals surface area contributed by atoms with Crippen LogP contribution in [0.15, 0.2) is 36.4 Å². The zero-order valence-electron chi connectivity index (χ0n) is 13.4. The number of hydrogen-bond acceptors (Lipinski definition) is 2. The third-order valence-corrected chi connectivity index (χ3v) is 4.52. The molecule has 23 heavy (non-hydrogen) atoms. The van der Waals surface area contributed by atoms with E-state index in [1.807, 2.05) is 37.3 Å². The van der Waals surface area contributed by atoms with Gasteiger partial charge in [-0.1, -0.05) is 36.7 Å². The van der Waals surface area contributed by atoms with Crippen molar-refractivity contribution in [3.8, 4) is 5.75 Å². The first-order chi connectivity index (χ1) is 11.1. The molecule has 120 valence electrons. The number of rotatable bonds is 3. The fourth-order valence-electron chi connectivity index (χ4n) is 2.96. The molecule has 0 radical (unpaired) electrons. The summed E-state index contributed by atoms with van der Waals surface area (Å²) in [5, 5.41) is 3.76. The molecule has 1 atom stereocenters. The van der Waals surface area contributed by atoms with Gasteiger partial charge in [-0.15, -0.1) is 0 Å². The number of hydrogen-bond donors (Lipinski definition) is 1. The lowest BCUT2D eigenvalue weighted by Gasteiger charge is -2.25. The summed E-state index contributed by atoms with van der Waals surface area (Å²) in [5.41, 5.74) is 4.15. The molecule has 0 aliphatic carbocycles. The Labute approximate surface area is 141 Å². The lowest BCUT2D eigenvalue weighted by Crippen LogP contribution is -2.33. The number of para-hydroxylation sites is 1. The largest absolute Gasteiger partial charge is 0.492 e. The molecule has 3 nitrogen and oxygen atoms in total. The second kappa shape index (κ2) is 6.63. The molecule has 2 aromatic carbocycles. The molecule has 1 N–H and O–H groups in total. The molecule has 1 amide bonds. The highest BCUT2D eigenvalue weighted by atomic mass is 35.5. The third kappa shape index (κ3) is 3.35. The molecule has 2 aromatic rings. The first-order valence-electron chi connectivity index (χ1n) is 7.89. The average molecular weight is 330 g/mol. The quantitative estimate of drug-likeness (QED) is 0.906. The van der Waals surface area contributed by atoms with Gasteiger partial charge in [0.25, 0.3) is 0 Å². The first kappa shape index (κ1) is 15.9. The summed E-state index contributed by atoms with van der Waals surface area (Å²) >= 11 is 6.04. The number of anilines is 1. The van der Waals surface area contributed by atoms with Crippen molar-refractivity contribution in [1.29, 1.82) is 0 Å². The van der Waals surface area contributed by atoms with Gasteiger partial charge in [0, 0.05) is 10.7 Å². The fourth-order valence-corrected chi connectivity index (χ4v) is 3.15. The van der Waals surface area contributed by atoms with Gasteiger partial charge in [0.05, 0.1) is 5.92 Å². The van der Waals surface area contributed by atoms with Gasteiger partial charge in [0.15, 0.2) is 0 Å². The highest BCUT2D eigenvalue weighted by Gasteiger charge is 2.26. The molecule has 0 saturated heterocycles. The van der Waals surface area contributed by atoms with E-state index in [0.717, 1.165) is 34.5 Å². The molecule has 1 heterocycles. The molecular weight excluding hydrogens is 310 g/mol. The lowest BCUT2D eigenvalue weighted by atomic mass is 9.95. The van der Waals surface area contributed by atoms with Crippen LogP contribution in [0.25, 0.3) is 0 Å². The van der Waals surface area contributed by atoms with Crippen LogP contribution in [0.1, 0.15) is 23.6 Å². The highest BCUT2D eigenvalue weighted by molar-refractivity contribution is 6.30. The summed E-state index contributed by atoms with van der Waals surface area (Å²) in [6.07, 6.45) is 1.53. The number of carbonyl (C=O) groups is 1. The molecule has 0 fully saturated rings. The van der Waals surface area contributed by atoms with E-state index in [-0.39, 0.29) is 11.8 Å². The maximum atomic E-state index is 12.7. The van der Waals surface area contributed by atoms with Gasteiger partial charge in [-0.3, -0.25) is 4.79 Å². The van der Waals surface area contributed by atoms with E-state index < -0.39 is 0 Å². The molecule has 0 spiro atoms. The molecule has 0 aromatic heterocycles. The molecule has 1 unspecified atom stereocenters. The predicted molar refractivity (Wildman–Crippen MR) is 93.3 cm³/mol. The minimum Gasteiger partial charge on any atom is -0.492 e. The van der Waals surface area contributed by atoms with E-state index in [4.69, 9.17) is 16.3 Å². The highest BCUT2D eigenvalue weighted by Crippen LogP contribution is 2.31. The van der Waals surface area contributed by atoms with Crippen LogP contribution in [0.4, 0.5) is 5.69 Å². The Morgan fingerprint density at radius 3 is 2.96 bits per heavy atom. The molecule has 1 aliphatic rings. The van der Waals surface area contributed by atoms with Crippen LogP contribution in [-0.4, -0.2) is 12.5 Å². The van der Waals surface area contributed by atoms with Crippen molar-refractivity contribution >= 4 is 23.2 Å². The normalized spacial score (nSPS) is 16.4. The topological polar surface area (TPSA) is 38.3 Å². The standard InChI is InChI=1S/C19H20ClNO2/c1-3-13-6-4-5-12(2)18(13)21-19(22)15-9-14-10-16(20)7-8-17(14)23-11-15/h4-8,10,15H,3,9,11H2,1-2H3,(H,21,22). The summed E-state index contributed by atoms with van der Waals surface area (Å²) in [4.78, 5) is 12.7. The van der Waals surface area contributed by atoms with Gasteiger partial charge in [0.2, 0.25) is 5.91 Å². The van der Waals surface area contributed by atoms with Gasteiger partial charge in [0.1, 0.15) is 12.4 Å². The van der Waals surface area contributed by atoms with E-state index in [0.29, 0.717) is 18.1 Å². The van der Waals surface area contributed by atoms with Crippen molar-refractivity contribution in [3.05, 3.63) is 58.1 Å².